The molecule has 1 aromatic heterocycles. The third-order valence-corrected chi connectivity index (χ3v) is 4.91. The number of hydrogen-bond acceptors (Lipinski definition) is 4. The highest BCUT2D eigenvalue weighted by Crippen LogP contribution is 2.25. The van der Waals surface area contributed by atoms with Crippen LogP contribution in [0.1, 0.15) is 54.1 Å². The molecule has 3 aromatic rings. The number of carbonyl (C=O) groups excluding carboxylic acids is 1. The van der Waals surface area contributed by atoms with E-state index in [0.717, 1.165) is 23.3 Å². The van der Waals surface area contributed by atoms with Gasteiger partial charge in [0.1, 0.15) is 18.1 Å². The van der Waals surface area contributed by atoms with E-state index in [9.17, 15) is 4.79 Å². The molecule has 2 aromatic carbocycles. The largest absolute Gasteiger partial charge is 0.493 e. The van der Waals surface area contributed by atoms with Crippen molar-refractivity contribution in [1.82, 2.24) is 4.98 Å². The third kappa shape index (κ3) is 6.85. The van der Waals surface area contributed by atoms with Crippen molar-refractivity contribution in [1.29, 1.82) is 0 Å². The molecule has 0 saturated heterocycles. The van der Waals surface area contributed by atoms with E-state index >= 15 is 0 Å². The van der Waals surface area contributed by atoms with E-state index < -0.39 is 0 Å². The summed E-state index contributed by atoms with van der Waals surface area (Å²) in [4.78, 5) is 16.8. The molecule has 1 N–H and O–H groups in total. The number of para-hydroxylation sites is 1. The number of pyridine rings is 1. The van der Waals surface area contributed by atoms with E-state index in [1.54, 1.807) is 36.7 Å². The molecule has 3 rings (SSSR count). The van der Waals surface area contributed by atoms with Crippen molar-refractivity contribution in [2.45, 2.75) is 46.1 Å². The quantitative estimate of drug-likeness (QED) is 0.378. The predicted molar refractivity (Wildman–Crippen MR) is 124 cm³/mol. The van der Waals surface area contributed by atoms with Crippen molar-refractivity contribution < 1.29 is 14.3 Å². The summed E-state index contributed by atoms with van der Waals surface area (Å²) >= 11 is 0. The number of carbonyl (C=O) groups is 1. The van der Waals surface area contributed by atoms with Crippen molar-refractivity contribution in [3.8, 4) is 11.5 Å². The molecule has 5 heteroatoms. The Hall–Kier alpha value is -3.34. The van der Waals surface area contributed by atoms with Gasteiger partial charge in [-0.3, -0.25) is 9.78 Å². The second-order valence-electron chi connectivity index (χ2n) is 7.50. The van der Waals surface area contributed by atoms with Crippen molar-refractivity contribution in [3.63, 3.8) is 0 Å². The molecule has 0 radical (unpaired) electrons. The predicted octanol–water partition coefficient (Wildman–Crippen LogP) is 6.18. The highest BCUT2D eigenvalue weighted by molar-refractivity contribution is 6.06. The zero-order valence-corrected chi connectivity index (χ0v) is 18.3. The lowest BCUT2D eigenvalue weighted by atomic mass is 10.1. The number of anilines is 1. The van der Waals surface area contributed by atoms with Crippen molar-refractivity contribution in [3.05, 3.63) is 83.7 Å². The number of hydrogen-bond donors (Lipinski definition) is 1. The van der Waals surface area contributed by atoms with Crippen LogP contribution in [0.3, 0.4) is 0 Å². The molecule has 0 fully saturated rings. The van der Waals surface area contributed by atoms with Gasteiger partial charge < -0.3 is 14.8 Å². The van der Waals surface area contributed by atoms with Gasteiger partial charge in [0.25, 0.3) is 5.91 Å². The van der Waals surface area contributed by atoms with Gasteiger partial charge in [0, 0.05) is 11.8 Å². The summed E-state index contributed by atoms with van der Waals surface area (Å²) in [7, 11) is 0. The Kier molecular flexibility index (Phi) is 8.47. The number of rotatable bonds is 11. The highest BCUT2D eigenvalue weighted by Gasteiger charge is 2.14. The molecule has 162 valence electrons. The third-order valence-electron chi connectivity index (χ3n) is 4.91. The molecule has 0 saturated carbocycles. The molecule has 0 aliphatic heterocycles. The Labute approximate surface area is 184 Å². The fraction of sp³-hybridized carbons (Fsp3) is 0.308. The van der Waals surface area contributed by atoms with Crippen LogP contribution in [-0.4, -0.2) is 17.5 Å². The number of amides is 1. The van der Waals surface area contributed by atoms with Gasteiger partial charge in [-0.15, -0.1) is 0 Å². The first-order chi connectivity index (χ1) is 15.2. The van der Waals surface area contributed by atoms with Gasteiger partial charge in [-0.1, -0.05) is 49.9 Å². The van der Waals surface area contributed by atoms with Crippen LogP contribution in [0.25, 0.3) is 0 Å². The number of benzene rings is 2. The van der Waals surface area contributed by atoms with E-state index in [1.807, 2.05) is 31.2 Å². The van der Waals surface area contributed by atoms with Crippen LogP contribution in [0.2, 0.25) is 0 Å². The van der Waals surface area contributed by atoms with Crippen LogP contribution in [-0.2, 0) is 6.61 Å². The molecule has 1 heterocycles. The maximum Gasteiger partial charge on any atom is 0.259 e. The van der Waals surface area contributed by atoms with Crippen LogP contribution in [0.5, 0.6) is 11.5 Å². The van der Waals surface area contributed by atoms with Crippen LogP contribution in [0.15, 0.2) is 67.0 Å². The summed E-state index contributed by atoms with van der Waals surface area (Å²) in [6.07, 6.45) is 7.92. The average Bonchev–Trinajstić information content (AvgIpc) is 2.79. The standard InChI is InChI=1S/C26H30N2O3/c1-3-4-5-8-16-30-24-14-13-20(2)17-21(24)19-31-25-12-7-6-11-23(25)26(29)28-22-10-9-15-27-18-22/h6-7,9-15,17-18H,3-5,8,16,19H2,1-2H3,(H,28,29). The van der Waals surface area contributed by atoms with Crippen LogP contribution in [0, 0.1) is 6.92 Å². The molecule has 0 atom stereocenters. The lowest BCUT2D eigenvalue weighted by molar-refractivity contribution is 0.102. The van der Waals surface area contributed by atoms with Crippen molar-refractivity contribution in [2.75, 3.05) is 11.9 Å². The minimum absolute atomic E-state index is 0.236. The van der Waals surface area contributed by atoms with Crippen LogP contribution in [0.4, 0.5) is 5.69 Å². The summed E-state index contributed by atoms with van der Waals surface area (Å²) in [6, 6.07) is 16.9. The van der Waals surface area contributed by atoms with E-state index in [4.69, 9.17) is 9.47 Å². The summed E-state index contributed by atoms with van der Waals surface area (Å²) < 4.78 is 12.1. The first kappa shape index (κ1) is 22.3. The van der Waals surface area contributed by atoms with Gasteiger partial charge in [-0.05, 0) is 49.7 Å². The average molecular weight is 419 g/mol. The van der Waals surface area contributed by atoms with Crippen LogP contribution < -0.4 is 14.8 Å². The molecule has 0 aliphatic rings. The zero-order chi connectivity index (χ0) is 21.9. The number of aromatic nitrogens is 1. The van der Waals surface area contributed by atoms with Gasteiger partial charge >= 0.3 is 0 Å². The van der Waals surface area contributed by atoms with E-state index in [1.165, 1.54) is 19.3 Å². The normalized spacial score (nSPS) is 10.5. The van der Waals surface area contributed by atoms with Gasteiger partial charge in [-0.25, -0.2) is 0 Å². The minimum atomic E-state index is -0.236. The first-order valence-electron chi connectivity index (χ1n) is 10.8. The maximum atomic E-state index is 12.8. The Morgan fingerprint density at radius 2 is 1.84 bits per heavy atom. The SMILES string of the molecule is CCCCCCOc1ccc(C)cc1COc1ccccc1C(=O)Nc1cccnc1. The second kappa shape index (κ2) is 11.7. The number of aryl methyl sites for hydroxylation is 1. The molecular formula is C26H30N2O3. The summed E-state index contributed by atoms with van der Waals surface area (Å²) in [5.41, 5.74) is 3.22. The lowest BCUT2D eigenvalue weighted by Gasteiger charge is -2.15. The molecule has 0 unspecified atom stereocenters. The number of nitrogens with one attached hydrogen (secondary N) is 1. The first-order valence-corrected chi connectivity index (χ1v) is 10.8. The van der Waals surface area contributed by atoms with Gasteiger partial charge in [0.15, 0.2) is 0 Å². The number of ether oxygens (including phenoxy) is 2. The van der Waals surface area contributed by atoms with E-state index in [2.05, 4.69) is 23.3 Å². The number of nitrogens with zero attached hydrogens (tertiary/aromatic N) is 1. The lowest BCUT2D eigenvalue weighted by Crippen LogP contribution is -2.14. The Morgan fingerprint density at radius 1 is 0.968 bits per heavy atom. The molecule has 31 heavy (non-hydrogen) atoms. The van der Waals surface area contributed by atoms with Gasteiger partial charge in [0.2, 0.25) is 0 Å². The summed E-state index contributed by atoms with van der Waals surface area (Å²) in [5, 5.41) is 2.86. The van der Waals surface area contributed by atoms with Gasteiger partial charge in [-0.2, -0.15) is 0 Å². The Morgan fingerprint density at radius 3 is 2.65 bits per heavy atom. The highest BCUT2D eigenvalue weighted by atomic mass is 16.5. The fourth-order valence-electron chi connectivity index (χ4n) is 3.24. The molecule has 5 nitrogen and oxygen atoms in total. The topological polar surface area (TPSA) is 60.5 Å². The summed E-state index contributed by atoms with van der Waals surface area (Å²) in [5.74, 6) is 1.12. The van der Waals surface area contributed by atoms with Crippen molar-refractivity contribution >= 4 is 11.6 Å². The number of unbranched alkanes of at least 4 members (excludes halogenated alkanes) is 3. The Bertz CT molecular complexity index is 973. The molecular weight excluding hydrogens is 388 g/mol. The monoisotopic (exact) mass is 418 g/mol. The van der Waals surface area contributed by atoms with Gasteiger partial charge in [0.05, 0.1) is 24.1 Å². The fourth-order valence-corrected chi connectivity index (χ4v) is 3.24. The minimum Gasteiger partial charge on any atom is -0.493 e. The molecule has 0 bridgehead atoms. The molecule has 1 amide bonds. The summed E-state index contributed by atoms with van der Waals surface area (Å²) in [6.45, 7) is 5.26. The van der Waals surface area contributed by atoms with Crippen molar-refractivity contribution in [2.24, 2.45) is 0 Å². The van der Waals surface area contributed by atoms with E-state index in [0.29, 0.717) is 30.2 Å². The smallest absolute Gasteiger partial charge is 0.259 e. The second-order valence-corrected chi connectivity index (χ2v) is 7.50. The Balaban J connectivity index is 1.67. The van der Waals surface area contributed by atoms with Crippen LogP contribution >= 0.6 is 0 Å². The van der Waals surface area contributed by atoms with E-state index in [-0.39, 0.29) is 5.91 Å². The molecule has 0 aliphatic carbocycles. The molecule has 0 spiro atoms. The maximum absolute atomic E-state index is 12.8. The zero-order valence-electron chi connectivity index (χ0n) is 18.3.